The number of hydrogen-bond donors (Lipinski definition) is 1. The fourth-order valence-electron chi connectivity index (χ4n) is 2.62. The summed E-state index contributed by atoms with van der Waals surface area (Å²) in [5.74, 6) is 1.56. The highest BCUT2D eigenvalue weighted by Crippen LogP contribution is 2.39. The van der Waals surface area contributed by atoms with Crippen molar-refractivity contribution in [1.82, 2.24) is 5.32 Å². The summed E-state index contributed by atoms with van der Waals surface area (Å²) < 4.78 is 23.1. The largest absolute Gasteiger partial charge is 0.491 e. The van der Waals surface area contributed by atoms with Crippen LogP contribution in [0.25, 0.3) is 6.08 Å². The van der Waals surface area contributed by atoms with Crippen molar-refractivity contribution in [3.63, 3.8) is 0 Å². The number of hydrogen-bond acceptors (Lipinski definition) is 5. The number of benzene rings is 1. The zero-order valence-corrected chi connectivity index (χ0v) is 14.4. The van der Waals surface area contributed by atoms with Crippen LogP contribution in [-0.4, -0.2) is 38.7 Å². The zero-order valence-electron chi connectivity index (χ0n) is 14.4. The molecule has 5 nitrogen and oxygen atoms in total. The number of nitrogens with one attached hydrogen (secondary N) is 1. The van der Waals surface area contributed by atoms with Crippen LogP contribution in [0.4, 0.5) is 0 Å². The lowest BCUT2D eigenvalue weighted by Crippen LogP contribution is -2.41. The first-order valence-electron chi connectivity index (χ1n) is 7.93. The molecule has 0 unspecified atom stereocenters. The van der Waals surface area contributed by atoms with Gasteiger partial charge >= 0.3 is 7.12 Å². The van der Waals surface area contributed by atoms with Gasteiger partial charge in [-0.2, -0.15) is 0 Å². The first kappa shape index (κ1) is 16.4. The van der Waals surface area contributed by atoms with Crippen molar-refractivity contribution >= 4 is 13.2 Å². The van der Waals surface area contributed by atoms with Crippen LogP contribution in [0.1, 0.15) is 33.3 Å². The van der Waals surface area contributed by atoms with Crippen molar-refractivity contribution in [2.75, 3.05) is 20.4 Å². The third-order valence-corrected chi connectivity index (χ3v) is 4.69. The molecule has 124 valence electrons. The maximum atomic E-state index is 6.16. The Morgan fingerprint density at radius 2 is 1.78 bits per heavy atom. The summed E-state index contributed by atoms with van der Waals surface area (Å²) in [6.45, 7) is 9.21. The number of rotatable bonds is 4. The molecular weight excluding hydrogens is 293 g/mol. The molecule has 2 aliphatic rings. The van der Waals surface area contributed by atoms with E-state index in [1.54, 1.807) is 0 Å². The molecule has 0 amide bonds. The van der Waals surface area contributed by atoms with E-state index in [2.05, 4.69) is 39.1 Å². The Bertz CT molecular complexity index is 611. The molecular formula is C17H24BNO4. The summed E-state index contributed by atoms with van der Waals surface area (Å²) in [7, 11) is 1.55. The summed E-state index contributed by atoms with van der Waals surface area (Å²) in [6.07, 6.45) is 2.08. The molecule has 0 atom stereocenters. The van der Waals surface area contributed by atoms with Gasteiger partial charge in [-0.15, -0.1) is 0 Å². The lowest BCUT2D eigenvalue weighted by atomic mass is 9.77. The topological polar surface area (TPSA) is 49.0 Å². The zero-order chi connectivity index (χ0) is 16.7. The summed E-state index contributed by atoms with van der Waals surface area (Å²) in [6, 6.07) is 5.91. The Kier molecular flexibility index (Phi) is 4.17. The van der Waals surface area contributed by atoms with Crippen molar-refractivity contribution in [3.8, 4) is 11.5 Å². The fourth-order valence-corrected chi connectivity index (χ4v) is 2.62. The second-order valence-corrected chi connectivity index (χ2v) is 6.95. The predicted octanol–water partition coefficient (Wildman–Crippen LogP) is 2.65. The van der Waals surface area contributed by atoms with Gasteiger partial charge in [0.15, 0.2) is 11.5 Å². The smallest absolute Gasteiger partial charge is 0.454 e. The second-order valence-electron chi connectivity index (χ2n) is 6.95. The van der Waals surface area contributed by atoms with Gasteiger partial charge in [0, 0.05) is 6.54 Å². The SMILES string of the molecule is CNCC(=Cc1ccc2c(c1)OCO2)B1OC(C)(C)C(C)(C)O1. The highest BCUT2D eigenvalue weighted by molar-refractivity contribution is 6.55. The Labute approximate surface area is 138 Å². The van der Waals surface area contributed by atoms with Crippen LogP contribution in [0, 0.1) is 0 Å². The molecule has 0 spiro atoms. The van der Waals surface area contributed by atoms with Crippen LogP contribution < -0.4 is 14.8 Å². The lowest BCUT2D eigenvalue weighted by molar-refractivity contribution is 0.00578. The van der Waals surface area contributed by atoms with Crippen LogP contribution in [0.3, 0.4) is 0 Å². The maximum absolute atomic E-state index is 6.16. The maximum Gasteiger partial charge on any atom is 0.491 e. The van der Waals surface area contributed by atoms with Gasteiger partial charge in [-0.3, -0.25) is 0 Å². The van der Waals surface area contributed by atoms with Crippen molar-refractivity contribution in [1.29, 1.82) is 0 Å². The van der Waals surface area contributed by atoms with Crippen molar-refractivity contribution in [2.24, 2.45) is 0 Å². The summed E-state index contributed by atoms with van der Waals surface area (Å²) >= 11 is 0. The molecule has 1 aromatic carbocycles. The average molecular weight is 317 g/mol. The van der Waals surface area contributed by atoms with Gasteiger partial charge in [-0.05, 0) is 57.9 Å². The van der Waals surface area contributed by atoms with E-state index in [9.17, 15) is 0 Å². The van der Waals surface area contributed by atoms with E-state index in [-0.39, 0.29) is 25.1 Å². The highest BCUT2D eigenvalue weighted by Gasteiger charge is 2.52. The molecule has 6 heteroatoms. The Morgan fingerprint density at radius 1 is 1.13 bits per heavy atom. The van der Waals surface area contributed by atoms with Crippen LogP contribution in [0.5, 0.6) is 11.5 Å². The molecule has 1 aromatic rings. The molecule has 1 N–H and O–H groups in total. The second kappa shape index (κ2) is 5.85. The molecule has 2 aliphatic heterocycles. The van der Waals surface area contributed by atoms with E-state index in [0.717, 1.165) is 22.5 Å². The Hall–Kier alpha value is -1.50. The van der Waals surface area contributed by atoms with Gasteiger partial charge in [0.05, 0.1) is 11.2 Å². The lowest BCUT2D eigenvalue weighted by Gasteiger charge is -2.32. The first-order chi connectivity index (χ1) is 10.8. The average Bonchev–Trinajstić information content (AvgIpc) is 3.00. The Balaban J connectivity index is 1.87. The van der Waals surface area contributed by atoms with E-state index in [4.69, 9.17) is 18.8 Å². The standard InChI is InChI=1S/C17H24BNO4/c1-16(2)17(3,4)23-18(22-16)13(10-19-5)8-12-6-7-14-15(9-12)21-11-20-14/h6-9,19H,10-11H2,1-5H3. The fraction of sp³-hybridized carbons (Fsp3) is 0.529. The molecule has 1 fully saturated rings. The summed E-state index contributed by atoms with van der Waals surface area (Å²) in [5.41, 5.74) is 1.39. The van der Waals surface area contributed by atoms with Crippen LogP contribution in [0.15, 0.2) is 23.7 Å². The molecule has 0 aromatic heterocycles. The molecule has 0 radical (unpaired) electrons. The van der Waals surface area contributed by atoms with Crippen molar-refractivity contribution < 1.29 is 18.8 Å². The van der Waals surface area contributed by atoms with Gasteiger partial charge in [0.25, 0.3) is 0 Å². The normalized spacial score (nSPS) is 21.8. The minimum Gasteiger partial charge on any atom is -0.454 e. The van der Waals surface area contributed by atoms with E-state index in [1.165, 1.54) is 0 Å². The molecule has 3 rings (SSSR count). The molecule has 0 bridgehead atoms. The first-order valence-corrected chi connectivity index (χ1v) is 7.93. The summed E-state index contributed by atoms with van der Waals surface area (Å²) in [4.78, 5) is 0. The number of fused-ring (bicyclic) bond motifs is 1. The monoisotopic (exact) mass is 317 g/mol. The van der Waals surface area contributed by atoms with Crippen molar-refractivity contribution in [3.05, 3.63) is 29.2 Å². The summed E-state index contributed by atoms with van der Waals surface area (Å²) in [5, 5.41) is 3.19. The number of ether oxygens (including phenoxy) is 2. The van der Waals surface area contributed by atoms with Crippen LogP contribution >= 0.6 is 0 Å². The third kappa shape index (κ3) is 3.11. The quantitative estimate of drug-likeness (QED) is 0.865. The number of likely N-dealkylation sites (N-methyl/N-ethyl adjacent to an activating group) is 1. The van der Waals surface area contributed by atoms with Gasteiger partial charge in [-0.25, -0.2) is 0 Å². The van der Waals surface area contributed by atoms with Gasteiger partial charge in [0.1, 0.15) is 0 Å². The predicted molar refractivity (Wildman–Crippen MR) is 90.6 cm³/mol. The third-order valence-electron chi connectivity index (χ3n) is 4.69. The van der Waals surface area contributed by atoms with Gasteiger partial charge < -0.3 is 24.1 Å². The molecule has 0 aliphatic carbocycles. The van der Waals surface area contributed by atoms with Crippen LogP contribution in [0.2, 0.25) is 0 Å². The molecule has 1 saturated heterocycles. The van der Waals surface area contributed by atoms with E-state index in [0.29, 0.717) is 6.54 Å². The van der Waals surface area contributed by atoms with Gasteiger partial charge in [-0.1, -0.05) is 12.1 Å². The Morgan fingerprint density at radius 3 is 2.43 bits per heavy atom. The molecule has 0 saturated carbocycles. The van der Waals surface area contributed by atoms with E-state index in [1.807, 2.05) is 25.2 Å². The minimum absolute atomic E-state index is 0.281. The van der Waals surface area contributed by atoms with E-state index < -0.39 is 0 Å². The van der Waals surface area contributed by atoms with Crippen molar-refractivity contribution in [2.45, 2.75) is 38.9 Å². The molecule has 23 heavy (non-hydrogen) atoms. The minimum atomic E-state index is -0.363. The highest BCUT2D eigenvalue weighted by atomic mass is 16.7. The van der Waals surface area contributed by atoms with Crippen LogP contribution in [-0.2, 0) is 9.31 Å². The van der Waals surface area contributed by atoms with Gasteiger partial charge in [0.2, 0.25) is 6.79 Å². The molecule has 2 heterocycles. The van der Waals surface area contributed by atoms with E-state index >= 15 is 0 Å².